The van der Waals surface area contributed by atoms with Crippen LogP contribution in [0.2, 0.25) is 0 Å². The molecule has 1 heterocycles. The van der Waals surface area contributed by atoms with Crippen LogP contribution in [0.5, 0.6) is 0 Å². The van der Waals surface area contributed by atoms with Gasteiger partial charge in [0.2, 0.25) is 0 Å². The van der Waals surface area contributed by atoms with Crippen molar-refractivity contribution < 1.29 is 4.74 Å². The zero-order valence-corrected chi connectivity index (χ0v) is 13.3. The van der Waals surface area contributed by atoms with Gasteiger partial charge in [0, 0.05) is 9.89 Å². The van der Waals surface area contributed by atoms with Crippen LogP contribution < -0.4 is 0 Å². The van der Waals surface area contributed by atoms with Crippen molar-refractivity contribution >= 4 is 15.9 Å². The molecule has 3 atom stereocenters. The van der Waals surface area contributed by atoms with Gasteiger partial charge in [0.15, 0.2) is 0 Å². The molecule has 1 aromatic carbocycles. The van der Waals surface area contributed by atoms with Gasteiger partial charge in [-0.2, -0.15) is 0 Å². The Morgan fingerprint density at radius 2 is 1.84 bits per heavy atom. The van der Waals surface area contributed by atoms with Crippen molar-refractivity contribution in [1.82, 2.24) is 0 Å². The van der Waals surface area contributed by atoms with Gasteiger partial charge in [0.25, 0.3) is 0 Å². The van der Waals surface area contributed by atoms with Crippen LogP contribution in [0.15, 0.2) is 28.7 Å². The average Bonchev–Trinajstić information content (AvgIpc) is 3.21. The van der Waals surface area contributed by atoms with Crippen molar-refractivity contribution in [3.63, 3.8) is 0 Å². The lowest BCUT2D eigenvalue weighted by Crippen LogP contribution is -2.45. The second-order valence-corrected chi connectivity index (χ2v) is 8.23. The molecule has 0 radical (unpaired) electrons. The quantitative estimate of drug-likeness (QED) is 0.670. The highest BCUT2D eigenvalue weighted by Crippen LogP contribution is 2.78. The molecule has 2 aliphatic carbocycles. The summed E-state index contributed by atoms with van der Waals surface area (Å²) in [6.07, 6.45) is 5.38. The monoisotopic (exact) mass is 320 g/mol. The second kappa shape index (κ2) is 3.65. The van der Waals surface area contributed by atoms with Gasteiger partial charge in [0.05, 0.1) is 6.61 Å². The van der Waals surface area contributed by atoms with Crippen molar-refractivity contribution in [3.8, 4) is 0 Å². The van der Waals surface area contributed by atoms with E-state index in [-0.39, 0.29) is 5.60 Å². The highest BCUT2D eigenvalue weighted by atomic mass is 79.9. The van der Waals surface area contributed by atoms with Crippen molar-refractivity contribution in [2.45, 2.75) is 51.0 Å². The first-order valence-electron chi connectivity index (χ1n) is 7.40. The van der Waals surface area contributed by atoms with Crippen LogP contribution in [0.4, 0.5) is 0 Å². The summed E-state index contributed by atoms with van der Waals surface area (Å²) in [6.45, 7) is 5.82. The van der Waals surface area contributed by atoms with Crippen molar-refractivity contribution in [1.29, 1.82) is 0 Å². The second-order valence-electron chi connectivity index (χ2n) is 7.32. The van der Waals surface area contributed by atoms with E-state index in [1.54, 1.807) is 0 Å². The fraction of sp³-hybridized carbons (Fsp3) is 0.647. The van der Waals surface area contributed by atoms with Gasteiger partial charge in [0.1, 0.15) is 5.60 Å². The topological polar surface area (TPSA) is 12.5 Å². The third-order valence-electron chi connectivity index (χ3n) is 6.10. The molecular weight excluding hydrogens is 300 g/mol. The van der Waals surface area contributed by atoms with Crippen LogP contribution in [0.25, 0.3) is 0 Å². The summed E-state index contributed by atoms with van der Waals surface area (Å²) < 4.78 is 7.27. The number of rotatable bonds is 1. The lowest BCUT2D eigenvalue weighted by atomic mass is 9.60. The lowest BCUT2D eigenvalue weighted by Gasteiger charge is -2.43. The number of hydrogen-bond acceptors (Lipinski definition) is 1. The molecule has 2 saturated carbocycles. The zero-order chi connectivity index (χ0) is 13.3. The van der Waals surface area contributed by atoms with Crippen LogP contribution in [0.3, 0.4) is 0 Å². The molecule has 0 amide bonds. The van der Waals surface area contributed by atoms with E-state index in [1.165, 1.54) is 35.7 Å². The maximum Gasteiger partial charge on any atom is 0.103 e. The molecule has 3 fully saturated rings. The van der Waals surface area contributed by atoms with Gasteiger partial charge < -0.3 is 4.74 Å². The predicted molar refractivity (Wildman–Crippen MR) is 80.2 cm³/mol. The van der Waals surface area contributed by atoms with Crippen LogP contribution >= 0.6 is 15.9 Å². The Morgan fingerprint density at radius 1 is 1.16 bits per heavy atom. The van der Waals surface area contributed by atoms with Gasteiger partial charge in [-0.15, -0.1) is 0 Å². The first-order valence-corrected chi connectivity index (χ1v) is 8.20. The third kappa shape index (κ3) is 1.50. The summed E-state index contributed by atoms with van der Waals surface area (Å²) in [6, 6.07) is 8.94. The van der Waals surface area contributed by atoms with E-state index in [0.717, 1.165) is 12.5 Å². The van der Waals surface area contributed by atoms with Crippen LogP contribution in [0, 0.1) is 10.8 Å². The Labute approximate surface area is 123 Å². The smallest absolute Gasteiger partial charge is 0.103 e. The molecular formula is C17H21BrO. The molecule has 1 aromatic rings. The van der Waals surface area contributed by atoms with E-state index in [9.17, 15) is 0 Å². The summed E-state index contributed by atoms with van der Waals surface area (Å²) in [5.74, 6) is 0.725. The fourth-order valence-electron chi connectivity index (χ4n) is 4.83. The normalized spacial score (nSPS) is 42.6. The average molecular weight is 321 g/mol. The number of halogens is 1. The fourth-order valence-corrected chi connectivity index (χ4v) is 5.10. The van der Waals surface area contributed by atoms with E-state index in [1.807, 2.05) is 0 Å². The van der Waals surface area contributed by atoms with Gasteiger partial charge in [-0.1, -0.05) is 48.3 Å². The molecule has 0 N–H and O–H groups in total. The highest BCUT2D eigenvalue weighted by Gasteiger charge is 2.78. The Morgan fingerprint density at radius 3 is 2.47 bits per heavy atom. The Kier molecular flexibility index (Phi) is 2.38. The zero-order valence-electron chi connectivity index (χ0n) is 11.7. The van der Waals surface area contributed by atoms with Crippen LogP contribution in [-0.2, 0) is 4.74 Å². The minimum atomic E-state index is 0.190. The maximum atomic E-state index is 6.10. The summed E-state index contributed by atoms with van der Waals surface area (Å²) in [4.78, 5) is 0. The summed E-state index contributed by atoms with van der Waals surface area (Å²) in [7, 11) is 0. The van der Waals surface area contributed by atoms with E-state index < -0.39 is 0 Å². The largest absolute Gasteiger partial charge is 0.368 e. The number of fused-ring (bicyclic) bond motifs is 1. The van der Waals surface area contributed by atoms with Gasteiger partial charge >= 0.3 is 0 Å². The summed E-state index contributed by atoms with van der Waals surface area (Å²) in [5.41, 5.74) is 2.50. The van der Waals surface area contributed by atoms with E-state index in [4.69, 9.17) is 4.74 Å². The molecule has 102 valence electrons. The number of ether oxygens (including phenoxy) is 1. The molecule has 1 nitrogen and oxygen atoms in total. The van der Waals surface area contributed by atoms with Crippen LogP contribution in [-0.4, -0.2) is 12.2 Å². The van der Waals surface area contributed by atoms with Gasteiger partial charge in [-0.3, -0.25) is 0 Å². The van der Waals surface area contributed by atoms with E-state index in [2.05, 4.69) is 54.0 Å². The maximum absolute atomic E-state index is 6.10. The van der Waals surface area contributed by atoms with E-state index in [0.29, 0.717) is 10.8 Å². The standard InChI is InChI=1S/C17H21BrO/c1-15(2)8-3-9-16(17(15)11-19-17)10-14(16)12-4-6-13(18)7-5-12/h4-7,14H,3,8-11H2,1-2H3. The minimum absolute atomic E-state index is 0.190. The molecule has 19 heavy (non-hydrogen) atoms. The van der Waals surface area contributed by atoms with Crippen LogP contribution in [0.1, 0.15) is 51.0 Å². The molecule has 1 saturated heterocycles. The highest BCUT2D eigenvalue weighted by molar-refractivity contribution is 9.10. The Hall–Kier alpha value is -0.340. The molecule has 3 unspecified atom stereocenters. The first kappa shape index (κ1) is 12.4. The number of hydrogen-bond donors (Lipinski definition) is 0. The molecule has 0 aromatic heterocycles. The molecule has 2 heteroatoms. The van der Waals surface area contributed by atoms with Crippen molar-refractivity contribution in [2.75, 3.05) is 6.61 Å². The van der Waals surface area contributed by atoms with Crippen molar-refractivity contribution in [3.05, 3.63) is 34.3 Å². The summed E-state index contributed by atoms with van der Waals surface area (Å²) in [5, 5.41) is 0. The molecule has 0 bridgehead atoms. The van der Waals surface area contributed by atoms with Gasteiger partial charge in [-0.25, -0.2) is 0 Å². The summed E-state index contributed by atoms with van der Waals surface area (Å²) >= 11 is 3.53. The number of benzene rings is 1. The molecule has 1 aliphatic heterocycles. The van der Waals surface area contributed by atoms with E-state index >= 15 is 0 Å². The SMILES string of the molecule is CC1(C)CCCC2(CC2c2ccc(Br)cc2)C12CO2. The lowest BCUT2D eigenvalue weighted by molar-refractivity contribution is 0.0134. The van der Waals surface area contributed by atoms with Gasteiger partial charge in [-0.05, 0) is 48.3 Å². The predicted octanol–water partition coefficient (Wildman–Crippen LogP) is 4.90. The third-order valence-corrected chi connectivity index (χ3v) is 6.63. The van der Waals surface area contributed by atoms with Crippen molar-refractivity contribution in [2.24, 2.45) is 10.8 Å². The Balaban J connectivity index is 1.68. The minimum Gasteiger partial charge on any atom is -0.368 e. The Bertz CT molecular complexity index is 515. The first-order chi connectivity index (χ1) is 9.01. The molecule has 3 aliphatic rings. The molecule has 4 rings (SSSR count). The molecule has 2 spiro atoms. The number of epoxide rings is 1.